The minimum atomic E-state index is -0.125. The minimum absolute atomic E-state index is 0.125. The predicted molar refractivity (Wildman–Crippen MR) is 93.8 cm³/mol. The molecule has 0 heterocycles. The highest BCUT2D eigenvalue weighted by Crippen LogP contribution is 2.09. The first-order valence-corrected chi connectivity index (χ1v) is 8.34. The van der Waals surface area contributed by atoms with E-state index < -0.39 is 0 Å². The van der Waals surface area contributed by atoms with Gasteiger partial charge in [-0.3, -0.25) is 0 Å². The molecule has 23 heavy (non-hydrogen) atoms. The standard InChI is InChI=1S/C12H18O.C4H10O2.C2H6O2/c1-2-3-4-8-11-13-12-9-6-5-7-10-12;1-2-6-4-3-5;3-1-2-4/h5-7,9-10H,2-4,8,11H2,1H3;5H,2-4H2,1H3;3-4H,1-2H2. The van der Waals surface area contributed by atoms with E-state index in [9.17, 15) is 0 Å². The van der Waals surface area contributed by atoms with Gasteiger partial charge in [0.25, 0.3) is 0 Å². The number of aliphatic hydroxyl groups excluding tert-OH is 3. The number of unbranched alkanes of at least 4 members (excludes halogenated alkanes) is 3. The Balaban J connectivity index is 0. The highest BCUT2D eigenvalue weighted by Gasteiger charge is 1.91. The van der Waals surface area contributed by atoms with Crippen LogP contribution in [0.1, 0.15) is 39.5 Å². The molecule has 1 rings (SSSR count). The van der Waals surface area contributed by atoms with Crippen LogP contribution < -0.4 is 4.74 Å². The van der Waals surface area contributed by atoms with E-state index in [0.29, 0.717) is 13.2 Å². The molecule has 0 spiro atoms. The fourth-order valence-corrected chi connectivity index (χ4v) is 1.44. The summed E-state index contributed by atoms with van der Waals surface area (Å²) >= 11 is 0. The van der Waals surface area contributed by atoms with E-state index in [2.05, 4.69) is 6.92 Å². The van der Waals surface area contributed by atoms with Crippen LogP contribution in [0.2, 0.25) is 0 Å². The third-order valence-electron chi connectivity index (χ3n) is 2.55. The molecule has 5 heteroatoms. The summed E-state index contributed by atoms with van der Waals surface area (Å²) in [4.78, 5) is 0. The van der Waals surface area contributed by atoms with Gasteiger partial charge in [-0.1, -0.05) is 44.4 Å². The van der Waals surface area contributed by atoms with Gasteiger partial charge in [0.15, 0.2) is 0 Å². The Labute approximate surface area is 140 Å². The molecule has 3 N–H and O–H groups in total. The lowest BCUT2D eigenvalue weighted by atomic mass is 10.2. The van der Waals surface area contributed by atoms with E-state index in [-0.39, 0.29) is 19.8 Å². The second-order valence-electron chi connectivity index (χ2n) is 4.59. The van der Waals surface area contributed by atoms with Gasteiger partial charge in [-0.25, -0.2) is 0 Å². The lowest BCUT2D eigenvalue weighted by Gasteiger charge is -2.04. The maximum atomic E-state index is 8.07. The molecule has 0 aliphatic carbocycles. The molecular weight excluding hydrogens is 296 g/mol. The fourth-order valence-electron chi connectivity index (χ4n) is 1.44. The van der Waals surface area contributed by atoms with Gasteiger partial charge in [0, 0.05) is 6.61 Å². The zero-order valence-corrected chi connectivity index (χ0v) is 14.6. The summed E-state index contributed by atoms with van der Waals surface area (Å²) in [6, 6.07) is 10.0. The van der Waals surface area contributed by atoms with Gasteiger partial charge < -0.3 is 24.8 Å². The first-order chi connectivity index (χ1) is 11.3. The van der Waals surface area contributed by atoms with Crippen molar-refractivity contribution in [1.29, 1.82) is 0 Å². The van der Waals surface area contributed by atoms with Crippen LogP contribution in [0.5, 0.6) is 5.75 Å². The van der Waals surface area contributed by atoms with Gasteiger partial charge in [0.1, 0.15) is 5.75 Å². The Hall–Kier alpha value is -1.14. The highest BCUT2D eigenvalue weighted by molar-refractivity contribution is 5.20. The van der Waals surface area contributed by atoms with Crippen LogP contribution in [-0.2, 0) is 4.74 Å². The average Bonchev–Trinajstić information content (AvgIpc) is 2.61. The smallest absolute Gasteiger partial charge is 0.119 e. The normalized spacial score (nSPS) is 9.26. The molecule has 0 aliphatic rings. The predicted octanol–water partition coefficient (Wildman–Crippen LogP) is 2.63. The van der Waals surface area contributed by atoms with Crippen LogP contribution in [0.4, 0.5) is 0 Å². The van der Waals surface area contributed by atoms with E-state index >= 15 is 0 Å². The van der Waals surface area contributed by atoms with E-state index in [1.54, 1.807) is 0 Å². The van der Waals surface area contributed by atoms with Crippen LogP contribution in [0.15, 0.2) is 30.3 Å². The topological polar surface area (TPSA) is 79.2 Å². The summed E-state index contributed by atoms with van der Waals surface area (Å²) in [5.74, 6) is 0.985. The van der Waals surface area contributed by atoms with Crippen molar-refractivity contribution in [2.45, 2.75) is 39.5 Å². The average molecular weight is 330 g/mol. The van der Waals surface area contributed by atoms with Crippen LogP contribution in [-0.4, -0.2) is 55.0 Å². The summed E-state index contributed by atoms with van der Waals surface area (Å²) in [6.07, 6.45) is 5.05. The fraction of sp³-hybridized carbons (Fsp3) is 0.667. The molecule has 1 aromatic carbocycles. The summed E-state index contributed by atoms with van der Waals surface area (Å²) in [7, 11) is 0. The Morgan fingerprint density at radius 1 is 0.783 bits per heavy atom. The minimum Gasteiger partial charge on any atom is -0.494 e. The number of para-hydroxylation sites is 1. The number of rotatable bonds is 10. The molecule has 0 bridgehead atoms. The highest BCUT2D eigenvalue weighted by atomic mass is 16.5. The van der Waals surface area contributed by atoms with Crippen molar-refractivity contribution in [2.24, 2.45) is 0 Å². The molecule has 0 saturated heterocycles. The maximum absolute atomic E-state index is 8.07. The van der Waals surface area contributed by atoms with Crippen LogP contribution in [0.3, 0.4) is 0 Å². The van der Waals surface area contributed by atoms with Crippen molar-refractivity contribution in [3.63, 3.8) is 0 Å². The first kappa shape index (κ1) is 24.1. The summed E-state index contributed by atoms with van der Waals surface area (Å²) in [5.41, 5.74) is 0. The Morgan fingerprint density at radius 3 is 1.87 bits per heavy atom. The maximum Gasteiger partial charge on any atom is 0.119 e. The third-order valence-corrected chi connectivity index (χ3v) is 2.55. The van der Waals surface area contributed by atoms with E-state index in [1.807, 2.05) is 37.3 Å². The van der Waals surface area contributed by atoms with Crippen molar-refractivity contribution >= 4 is 0 Å². The SMILES string of the molecule is CCCCCCOc1ccccc1.CCOCCO.OCCO. The van der Waals surface area contributed by atoms with E-state index in [1.165, 1.54) is 25.7 Å². The Morgan fingerprint density at radius 2 is 1.43 bits per heavy atom. The van der Waals surface area contributed by atoms with Crippen LogP contribution in [0.25, 0.3) is 0 Å². The van der Waals surface area contributed by atoms with Gasteiger partial charge in [-0.05, 0) is 25.5 Å². The molecule has 0 amide bonds. The van der Waals surface area contributed by atoms with Crippen molar-refractivity contribution in [2.75, 3.05) is 39.6 Å². The van der Waals surface area contributed by atoms with Crippen molar-refractivity contribution in [3.05, 3.63) is 30.3 Å². The van der Waals surface area contributed by atoms with E-state index in [0.717, 1.165) is 12.4 Å². The monoisotopic (exact) mass is 330 g/mol. The molecule has 0 radical (unpaired) electrons. The Bertz CT molecular complexity index is 287. The molecule has 0 fully saturated rings. The van der Waals surface area contributed by atoms with Gasteiger partial charge >= 0.3 is 0 Å². The van der Waals surface area contributed by atoms with Crippen molar-refractivity contribution < 1.29 is 24.8 Å². The largest absolute Gasteiger partial charge is 0.494 e. The molecule has 0 unspecified atom stereocenters. The molecule has 0 saturated carbocycles. The number of hydrogen-bond donors (Lipinski definition) is 3. The number of aliphatic hydroxyl groups is 3. The van der Waals surface area contributed by atoms with Crippen LogP contribution in [0, 0.1) is 0 Å². The van der Waals surface area contributed by atoms with Crippen molar-refractivity contribution in [3.8, 4) is 5.75 Å². The lowest BCUT2D eigenvalue weighted by molar-refractivity contribution is 0.102. The molecule has 5 nitrogen and oxygen atoms in total. The summed E-state index contributed by atoms with van der Waals surface area (Å²) in [6.45, 7) is 6.02. The molecular formula is C18H34O5. The van der Waals surface area contributed by atoms with Gasteiger partial charge in [-0.2, -0.15) is 0 Å². The van der Waals surface area contributed by atoms with Gasteiger partial charge in [-0.15, -0.1) is 0 Å². The number of hydrogen-bond acceptors (Lipinski definition) is 5. The molecule has 136 valence electrons. The third kappa shape index (κ3) is 23.3. The molecule has 0 aliphatic heterocycles. The zero-order valence-electron chi connectivity index (χ0n) is 14.6. The zero-order chi connectivity index (χ0) is 17.6. The number of ether oxygens (including phenoxy) is 2. The van der Waals surface area contributed by atoms with Crippen molar-refractivity contribution in [1.82, 2.24) is 0 Å². The molecule has 0 atom stereocenters. The van der Waals surface area contributed by atoms with Crippen LogP contribution >= 0.6 is 0 Å². The quantitative estimate of drug-likeness (QED) is 0.575. The van der Waals surface area contributed by atoms with Gasteiger partial charge in [0.2, 0.25) is 0 Å². The second-order valence-corrected chi connectivity index (χ2v) is 4.59. The number of benzene rings is 1. The Kier molecular flexibility index (Phi) is 24.3. The summed E-state index contributed by atoms with van der Waals surface area (Å²) < 4.78 is 10.3. The molecule has 1 aromatic rings. The second kappa shape index (κ2) is 23.1. The summed E-state index contributed by atoms with van der Waals surface area (Å²) in [5, 5.41) is 23.3. The van der Waals surface area contributed by atoms with Gasteiger partial charge in [0.05, 0.1) is 33.0 Å². The first-order valence-electron chi connectivity index (χ1n) is 8.34. The molecule has 0 aromatic heterocycles. The lowest BCUT2D eigenvalue weighted by Crippen LogP contribution is -1.96. The van der Waals surface area contributed by atoms with E-state index in [4.69, 9.17) is 24.8 Å².